The molecule has 1 heterocycles. The first-order chi connectivity index (χ1) is 5.74. The van der Waals surface area contributed by atoms with Gasteiger partial charge in [-0.05, 0) is 26.7 Å². The van der Waals surface area contributed by atoms with Gasteiger partial charge in [0.05, 0.1) is 6.10 Å². The third-order valence-corrected chi connectivity index (χ3v) is 2.03. The van der Waals surface area contributed by atoms with Crippen LogP contribution in [0.5, 0.6) is 0 Å². The number of hydrogen-bond acceptors (Lipinski definition) is 3. The first kappa shape index (κ1) is 9.52. The van der Waals surface area contributed by atoms with Crippen molar-refractivity contribution in [2.45, 2.75) is 45.9 Å². The van der Waals surface area contributed by atoms with Crippen molar-refractivity contribution >= 4 is 6.21 Å². The highest BCUT2D eigenvalue weighted by Gasteiger charge is 2.20. The van der Waals surface area contributed by atoms with E-state index >= 15 is 0 Å². The van der Waals surface area contributed by atoms with Crippen LogP contribution in [0.4, 0.5) is 0 Å². The Balaban J connectivity index is 2.39. The molecule has 0 aromatic carbocycles. The van der Waals surface area contributed by atoms with Gasteiger partial charge in [0, 0.05) is 12.8 Å². The molecule has 1 fully saturated rings. The molecule has 0 N–H and O–H groups in total. The Morgan fingerprint density at radius 2 is 2.33 bits per heavy atom. The molecule has 0 spiro atoms. The maximum atomic E-state index is 5.61. The molecule has 0 aliphatic carbocycles. The second-order valence-corrected chi connectivity index (χ2v) is 3.20. The van der Waals surface area contributed by atoms with Gasteiger partial charge in [0.2, 0.25) is 0 Å². The van der Waals surface area contributed by atoms with E-state index in [4.69, 9.17) is 4.74 Å². The van der Waals surface area contributed by atoms with E-state index in [0.29, 0.717) is 6.10 Å². The first-order valence-electron chi connectivity index (χ1n) is 4.68. The molecule has 1 aliphatic rings. The van der Waals surface area contributed by atoms with Crippen LogP contribution in [0.25, 0.3) is 0 Å². The molecular formula is C9H18N2O. The first-order valence-corrected chi connectivity index (χ1v) is 4.68. The molecule has 0 amide bonds. The summed E-state index contributed by atoms with van der Waals surface area (Å²) in [6.07, 6.45) is 4.50. The molecule has 0 bridgehead atoms. The quantitative estimate of drug-likeness (QED) is 0.591. The minimum atomic E-state index is 0.136. The minimum Gasteiger partial charge on any atom is -0.354 e. The fourth-order valence-corrected chi connectivity index (χ4v) is 1.31. The summed E-state index contributed by atoms with van der Waals surface area (Å²) in [5, 5.41) is 6.30. The van der Waals surface area contributed by atoms with Crippen molar-refractivity contribution in [2.24, 2.45) is 5.10 Å². The van der Waals surface area contributed by atoms with Gasteiger partial charge in [-0.2, -0.15) is 5.10 Å². The largest absolute Gasteiger partial charge is 0.354 e. The van der Waals surface area contributed by atoms with Crippen LogP contribution >= 0.6 is 0 Å². The fraction of sp³-hybridized carbons (Fsp3) is 0.889. The minimum absolute atomic E-state index is 0.136. The molecule has 1 aliphatic heterocycles. The second kappa shape index (κ2) is 4.45. The molecule has 70 valence electrons. The lowest BCUT2D eigenvalue weighted by atomic mass is 10.2. The van der Waals surface area contributed by atoms with E-state index in [-0.39, 0.29) is 6.23 Å². The van der Waals surface area contributed by atoms with E-state index in [2.05, 4.69) is 18.9 Å². The third kappa shape index (κ3) is 2.48. The van der Waals surface area contributed by atoms with E-state index in [9.17, 15) is 0 Å². The van der Waals surface area contributed by atoms with Gasteiger partial charge in [-0.25, -0.2) is 0 Å². The summed E-state index contributed by atoms with van der Waals surface area (Å²) in [5.74, 6) is 0. The van der Waals surface area contributed by atoms with Crippen LogP contribution in [0.2, 0.25) is 0 Å². The number of ether oxygens (including phenoxy) is 1. The molecule has 2 atom stereocenters. The molecule has 3 heteroatoms. The van der Waals surface area contributed by atoms with Crippen LogP contribution < -0.4 is 0 Å². The monoisotopic (exact) mass is 170 g/mol. The molecule has 0 aromatic heterocycles. The Morgan fingerprint density at radius 1 is 1.58 bits per heavy atom. The van der Waals surface area contributed by atoms with Gasteiger partial charge >= 0.3 is 0 Å². The van der Waals surface area contributed by atoms with Crippen LogP contribution in [-0.2, 0) is 4.74 Å². The topological polar surface area (TPSA) is 24.8 Å². The molecule has 3 nitrogen and oxygen atoms in total. The van der Waals surface area contributed by atoms with E-state index in [1.54, 1.807) is 0 Å². The Bertz CT molecular complexity index is 159. The van der Waals surface area contributed by atoms with Gasteiger partial charge in [-0.1, -0.05) is 6.92 Å². The molecule has 1 rings (SSSR count). The lowest BCUT2D eigenvalue weighted by molar-refractivity contribution is -0.122. The summed E-state index contributed by atoms with van der Waals surface area (Å²) in [7, 11) is 0. The highest BCUT2D eigenvalue weighted by molar-refractivity contribution is 5.56. The van der Waals surface area contributed by atoms with E-state index < -0.39 is 0 Å². The maximum absolute atomic E-state index is 5.61. The number of nitrogens with zero attached hydrogens (tertiary/aromatic N) is 2. The summed E-state index contributed by atoms with van der Waals surface area (Å²) < 4.78 is 5.61. The molecule has 1 saturated heterocycles. The summed E-state index contributed by atoms with van der Waals surface area (Å²) >= 11 is 0. The molecule has 2 unspecified atom stereocenters. The van der Waals surface area contributed by atoms with Crippen LogP contribution in [0, 0.1) is 0 Å². The normalized spacial score (nSPS) is 31.4. The zero-order chi connectivity index (χ0) is 8.97. The smallest absolute Gasteiger partial charge is 0.143 e. The van der Waals surface area contributed by atoms with Gasteiger partial charge in [0.25, 0.3) is 0 Å². The molecule has 0 radical (unpaired) electrons. The van der Waals surface area contributed by atoms with Crippen molar-refractivity contribution in [3.05, 3.63) is 0 Å². The van der Waals surface area contributed by atoms with E-state index in [1.807, 2.05) is 18.1 Å². The summed E-state index contributed by atoms with van der Waals surface area (Å²) in [6.45, 7) is 7.25. The van der Waals surface area contributed by atoms with Crippen LogP contribution in [0.15, 0.2) is 5.10 Å². The van der Waals surface area contributed by atoms with Crippen molar-refractivity contribution in [2.75, 3.05) is 6.54 Å². The highest BCUT2D eigenvalue weighted by Crippen LogP contribution is 2.14. The van der Waals surface area contributed by atoms with Gasteiger partial charge in [0.1, 0.15) is 6.23 Å². The lowest BCUT2D eigenvalue weighted by Gasteiger charge is -2.34. The molecule has 0 saturated carbocycles. The van der Waals surface area contributed by atoms with Crippen molar-refractivity contribution in [3.63, 3.8) is 0 Å². The summed E-state index contributed by atoms with van der Waals surface area (Å²) in [4.78, 5) is 0. The average molecular weight is 170 g/mol. The van der Waals surface area contributed by atoms with Crippen molar-refractivity contribution in [1.29, 1.82) is 0 Å². The zero-order valence-corrected chi connectivity index (χ0v) is 8.16. The third-order valence-electron chi connectivity index (χ3n) is 2.03. The predicted octanol–water partition coefficient (Wildman–Crippen LogP) is 1.84. The average Bonchev–Trinajstić information content (AvgIpc) is 2.03. The van der Waals surface area contributed by atoms with Gasteiger partial charge in [-0.3, -0.25) is 5.01 Å². The lowest BCUT2D eigenvalue weighted by Crippen LogP contribution is -2.40. The maximum Gasteiger partial charge on any atom is 0.143 e. The van der Waals surface area contributed by atoms with Crippen LogP contribution in [-0.4, -0.2) is 30.1 Å². The number of hydrazone groups is 1. The second-order valence-electron chi connectivity index (χ2n) is 3.20. The van der Waals surface area contributed by atoms with E-state index in [1.165, 1.54) is 0 Å². The molecular weight excluding hydrogens is 152 g/mol. The fourth-order valence-electron chi connectivity index (χ4n) is 1.31. The van der Waals surface area contributed by atoms with Gasteiger partial charge < -0.3 is 4.74 Å². The van der Waals surface area contributed by atoms with Crippen molar-refractivity contribution in [3.8, 4) is 0 Å². The molecule has 0 aromatic rings. The van der Waals surface area contributed by atoms with Crippen LogP contribution in [0.1, 0.15) is 33.6 Å². The van der Waals surface area contributed by atoms with Gasteiger partial charge in [-0.15, -0.1) is 0 Å². The highest BCUT2D eigenvalue weighted by atomic mass is 16.5. The Morgan fingerprint density at radius 3 is 2.92 bits per heavy atom. The summed E-state index contributed by atoms with van der Waals surface area (Å²) in [5.41, 5.74) is 0. The summed E-state index contributed by atoms with van der Waals surface area (Å²) in [6, 6.07) is 0. The SMILES string of the molecule is CC/C=N\N1CCC(C)OC1C. The van der Waals surface area contributed by atoms with Crippen molar-refractivity contribution in [1.82, 2.24) is 5.01 Å². The standard InChI is InChI=1S/C9H18N2O/c1-4-6-10-11-7-5-8(2)12-9(11)3/h6,8-9H,4-5,7H2,1-3H3/b10-6-. The molecule has 12 heavy (non-hydrogen) atoms. The number of hydrogen-bond donors (Lipinski definition) is 0. The number of rotatable bonds is 2. The zero-order valence-electron chi connectivity index (χ0n) is 8.16. The van der Waals surface area contributed by atoms with Crippen molar-refractivity contribution < 1.29 is 4.74 Å². The Hall–Kier alpha value is -0.570. The Labute approximate surface area is 74.4 Å². The van der Waals surface area contributed by atoms with Gasteiger partial charge in [0.15, 0.2) is 0 Å². The van der Waals surface area contributed by atoms with Crippen LogP contribution in [0.3, 0.4) is 0 Å². The van der Waals surface area contributed by atoms with E-state index in [0.717, 1.165) is 19.4 Å². The Kier molecular flexibility index (Phi) is 3.53. The predicted molar refractivity (Wildman–Crippen MR) is 50.1 cm³/mol.